The number of anilines is 2. The molecule has 2 aliphatic heterocycles. The molecule has 0 saturated carbocycles. The summed E-state index contributed by atoms with van der Waals surface area (Å²) in [6, 6.07) is 12.3. The van der Waals surface area contributed by atoms with Crippen molar-refractivity contribution in [3.05, 3.63) is 47.3 Å². The maximum absolute atomic E-state index is 13.4. The molecule has 2 aliphatic rings. The van der Waals surface area contributed by atoms with Crippen molar-refractivity contribution in [2.45, 2.75) is 105 Å². The van der Waals surface area contributed by atoms with E-state index in [0.29, 0.717) is 34.9 Å². The molecule has 2 atom stereocenters. The predicted molar refractivity (Wildman–Crippen MR) is 198 cm³/mol. The Morgan fingerprint density at radius 2 is 1.60 bits per heavy atom. The van der Waals surface area contributed by atoms with Gasteiger partial charge in [0, 0.05) is 37.3 Å². The Bertz CT molecular complexity index is 1610. The van der Waals surface area contributed by atoms with Crippen LogP contribution in [-0.2, 0) is 0 Å². The molecule has 0 radical (unpaired) electrons. The second-order valence-corrected chi connectivity index (χ2v) is 14.3. The van der Waals surface area contributed by atoms with Gasteiger partial charge in [-0.1, -0.05) is 108 Å². The van der Waals surface area contributed by atoms with Crippen LogP contribution in [0.5, 0.6) is 0 Å². The highest BCUT2D eigenvalue weighted by molar-refractivity contribution is 7.19. The van der Waals surface area contributed by atoms with Crippen LogP contribution in [0.1, 0.15) is 116 Å². The topological polar surface area (TPSA) is 103 Å². The molecule has 10 heteroatoms. The van der Waals surface area contributed by atoms with Crippen molar-refractivity contribution in [3.8, 4) is 17.3 Å². The van der Waals surface area contributed by atoms with E-state index in [-0.39, 0.29) is 5.57 Å². The summed E-state index contributed by atoms with van der Waals surface area (Å²) in [6.45, 7) is 14.6. The minimum absolute atomic E-state index is 0.0485. The lowest BCUT2D eigenvalue weighted by atomic mass is 9.96. The van der Waals surface area contributed by atoms with Gasteiger partial charge < -0.3 is 9.80 Å². The Hall–Kier alpha value is -3.84. The van der Waals surface area contributed by atoms with Gasteiger partial charge in [-0.2, -0.15) is 14.9 Å². The van der Waals surface area contributed by atoms with Gasteiger partial charge in [0.15, 0.2) is 11.0 Å². The maximum Gasteiger partial charge on any atom is 0.291 e. The number of nitriles is 1. The fraction of sp³-hybridized carbons (Fsp3) is 0.579. The maximum atomic E-state index is 13.4. The number of unbranched alkanes of at least 4 members (excludes halogenated alkanes) is 2. The first-order valence-corrected chi connectivity index (χ1v) is 19.0. The molecule has 1 fully saturated rings. The van der Waals surface area contributed by atoms with E-state index >= 15 is 0 Å². The summed E-state index contributed by atoms with van der Waals surface area (Å²) in [7, 11) is 0. The van der Waals surface area contributed by atoms with Gasteiger partial charge in [-0.3, -0.25) is 4.79 Å². The van der Waals surface area contributed by atoms with Crippen molar-refractivity contribution < 1.29 is 4.79 Å². The van der Waals surface area contributed by atoms with E-state index in [4.69, 9.17) is 15.0 Å². The average molecular weight is 669 g/mol. The summed E-state index contributed by atoms with van der Waals surface area (Å²) in [5.74, 6) is 1.64. The number of aromatic nitrogens is 4. The van der Waals surface area contributed by atoms with Crippen molar-refractivity contribution >= 4 is 39.0 Å². The molecule has 0 bridgehead atoms. The fourth-order valence-corrected chi connectivity index (χ4v) is 7.71. The number of benzene rings is 1. The van der Waals surface area contributed by atoms with Crippen LogP contribution in [0.3, 0.4) is 0 Å². The predicted octanol–water partition coefficient (Wildman–Crippen LogP) is 9.25. The summed E-state index contributed by atoms with van der Waals surface area (Å²) < 4.78 is 1.28. The van der Waals surface area contributed by atoms with Gasteiger partial charge in [-0.15, -0.1) is 5.10 Å². The lowest BCUT2D eigenvalue weighted by molar-refractivity contribution is 0.0942. The summed E-state index contributed by atoms with van der Waals surface area (Å²) >= 11 is 1.60. The number of aliphatic imine (C=N–C) groups is 1. The van der Waals surface area contributed by atoms with E-state index in [1.54, 1.807) is 18.3 Å². The van der Waals surface area contributed by atoms with Gasteiger partial charge in [0.2, 0.25) is 5.95 Å². The van der Waals surface area contributed by atoms with Crippen molar-refractivity contribution in [2.24, 2.45) is 16.8 Å². The molecule has 256 valence electrons. The van der Waals surface area contributed by atoms with Crippen molar-refractivity contribution in [1.29, 1.82) is 5.26 Å². The Labute approximate surface area is 290 Å². The Kier molecular flexibility index (Phi) is 12.6. The SMILES string of the molecule is CCCCC(CC)CN(CC(CC)CCCC)c1nc(-c2ccccc2)c(/N=C2/C(C)=C(C#N)C(=O)n3nc(N4CCCCC4)nc32)s1. The quantitative estimate of drug-likeness (QED) is 0.150. The Morgan fingerprint density at radius 1 is 0.958 bits per heavy atom. The molecular weight excluding hydrogens is 617 g/mol. The van der Waals surface area contributed by atoms with E-state index in [9.17, 15) is 10.1 Å². The molecular formula is C38H52N8OS. The standard InChI is InChI=1S/C38H52N8OS/c1-6-10-18-28(8-3)25-45(26-29(9-4)19-11-7-2)38-41-33(30-20-14-12-15-21-30)35(48-38)40-32-27(5)31(24-39)36(47)46-34(32)42-37(43-46)44-22-16-13-17-23-44/h12,14-15,20-21,28-29H,6-11,13,16-19,22-23,25-26H2,1-5H3/b40-32-. The largest absolute Gasteiger partial charge is 0.347 e. The zero-order valence-electron chi connectivity index (χ0n) is 29.5. The van der Waals surface area contributed by atoms with Crippen LogP contribution in [0.4, 0.5) is 16.1 Å². The van der Waals surface area contributed by atoms with Crippen LogP contribution < -0.4 is 9.80 Å². The molecule has 0 N–H and O–H groups in total. The van der Waals surface area contributed by atoms with Gasteiger partial charge in [-0.25, -0.2) is 9.98 Å². The highest BCUT2D eigenvalue weighted by Gasteiger charge is 2.34. The number of carbonyl (C=O) groups is 1. The van der Waals surface area contributed by atoms with Crippen molar-refractivity contribution in [1.82, 2.24) is 19.7 Å². The summed E-state index contributed by atoms with van der Waals surface area (Å²) in [5.41, 5.74) is 2.87. The second kappa shape index (κ2) is 17.0. The molecule has 48 heavy (non-hydrogen) atoms. The van der Waals surface area contributed by atoms with Gasteiger partial charge in [-0.05, 0) is 50.9 Å². The lowest BCUT2D eigenvalue weighted by Crippen LogP contribution is -2.34. The number of hydrogen-bond donors (Lipinski definition) is 0. The monoisotopic (exact) mass is 668 g/mol. The van der Waals surface area contributed by atoms with Crippen molar-refractivity contribution in [2.75, 3.05) is 36.0 Å². The Balaban J connectivity index is 1.63. The van der Waals surface area contributed by atoms with Gasteiger partial charge in [0.25, 0.3) is 5.91 Å². The van der Waals surface area contributed by atoms with E-state index < -0.39 is 5.91 Å². The zero-order chi connectivity index (χ0) is 34.0. The van der Waals surface area contributed by atoms with Crippen LogP contribution >= 0.6 is 11.3 Å². The van der Waals surface area contributed by atoms with Crippen LogP contribution in [-0.4, -0.2) is 57.5 Å². The highest BCUT2D eigenvalue weighted by Crippen LogP contribution is 2.42. The highest BCUT2D eigenvalue weighted by atomic mass is 32.1. The number of carbonyl (C=O) groups excluding carboxylic acids is 1. The molecule has 0 spiro atoms. The third-order valence-corrected chi connectivity index (χ3v) is 10.9. The molecule has 3 aromatic rings. The van der Waals surface area contributed by atoms with Gasteiger partial charge in [0.1, 0.15) is 28.0 Å². The molecule has 0 amide bonds. The molecule has 1 aromatic carbocycles. The summed E-state index contributed by atoms with van der Waals surface area (Å²) in [5, 5.41) is 16.4. The average Bonchev–Trinajstić information content (AvgIpc) is 3.76. The van der Waals surface area contributed by atoms with E-state index in [2.05, 4.69) is 60.8 Å². The smallest absolute Gasteiger partial charge is 0.291 e. The number of thiazole rings is 1. The zero-order valence-corrected chi connectivity index (χ0v) is 30.4. The molecule has 4 heterocycles. The molecule has 2 aromatic heterocycles. The molecule has 0 aliphatic carbocycles. The number of nitrogens with zero attached hydrogens (tertiary/aromatic N) is 8. The Morgan fingerprint density at radius 3 is 2.19 bits per heavy atom. The first kappa shape index (κ1) is 35.5. The van der Waals surface area contributed by atoms with E-state index in [1.807, 2.05) is 18.2 Å². The number of piperidine rings is 1. The van der Waals surface area contributed by atoms with Gasteiger partial charge >= 0.3 is 0 Å². The van der Waals surface area contributed by atoms with Crippen LogP contribution in [0.2, 0.25) is 0 Å². The van der Waals surface area contributed by atoms with E-state index in [0.717, 1.165) is 73.3 Å². The minimum Gasteiger partial charge on any atom is -0.347 e. The second-order valence-electron chi connectivity index (χ2n) is 13.3. The molecule has 9 nitrogen and oxygen atoms in total. The van der Waals surface area contributed by atoms with Crippen LogP contribution in [0.15, 0.2) is 46.5 Å². The number of allylic oxidation sites excluding steroid dienone is 2. The fourth-order valence-electron chi connectivity index (χ4n) is 6.73. The normalized spacial score (nSPS) is 17.0. The summed E-state index contributed by atoms with van der Waals surface area (Å²) in [4.78, 5) is 33.6. The number of fused-ring (bicyclic) bond motifs is 1. The van der Waals surface area contributed by atoms with Crippen molar-refractivity contribution in [3.63, 3.8) is 0 Å². The lowest BCUT2D eigenvalue weighted by Gasteiger charge is -2.30. The van der Waals surface area contributed by atoms with E-state index in [1.165, 1.54) is 49.6 Å². The first-order valence-electron chi connectivity index (χ1n) is 18.2. The van der Waals surface area contributed by atoms with Gasteiger partial charge in [0.05, 0.1) is 0 Å². The first-order chi connectivity index (χ1) is 23.4. The third kappa shape index (κ3) is 8.06. The molecule has 1 saturated heterocycles. The minimum atomic E-state index is -0.450. The molecule has 2 unspecified atom stereocenters. The summed E-state index contributed by atoms with van der Waals surface area (Å²) in [6.07, 6.45) is 12.9. The van der Waals surface area contributed by atoms with Crippen LogP contribution in [0.25, 0.3) is 11.3 Å². The number of rotatable bonds is 16. The third-order valence-electron chi connectivity index (χ3n) is 9.87. The molecule has 5 rings (SSSR count). The van der Waals surface area contributed by atoms with Crippen LogP contribution in [0, 0.1) is 23.2 Å². The number of hydrogen-bond acceptors (Lipinski definition) is 9.